The summed E-state index contributed by atoms with van der Waals surface area (Å²) in [7, 11) is 0. The number of fused-ring (bicyclic) bond motifs is 1. The summed E-state index contributed by atoms with van der Waals surface area (Å²) >= 11 is 1.48. The van der Waals surface area contributed by atoms with Crippen LogP contribution in [-0.4, -0.2) is 9.91 Å². The van der Waals surface area contributed by atoms with Crippen LogP contribution in [0.4, 0.5) is 10.1 Å². The number of halogens is 1. The number of pyridine rings is 1. The van der Waals surface area contributed by atoms with Crippen molar-refractivity contribution in [2.24, 2.45) is 0 Å². The van der Waals surface area contributed by atoms with Crippen molar-refractivity contribution in [1.29, 1.82) is 0 Å². The molecule has 2 aromatic heterocycles. The highest BCUT2D eigenvalue weighted by Crippen LogP contribution is 2.39. The quantitative estimate of drug-likeness (QED) is 0.323. The van der Waals surface area contributed by atoms with Crippen LogP contribution in [-0.2, 0) is 0 Å². The molecule has 2 heterocycles. The molecular weight excluding hydrogens is 367 g/mol. The van der Waals surface area contributed by atoms with Gasteiger partial charge in [-0.1, -0.05) is 24.3 Å². The SMILES string of the molecule is [CH2]c1ccc(-c2cc3nccc(Oc4ccc([N+](=O)[O-])cc4F)c3s2)cc1. The van der Waals surface area contributed by atoms with E-state index in [2.05, 4.69) is 11.9 Å². The van der Waals surface area contributed by atoms with Crippen LogP contribution in [0.15, 0.2) is 60.8 Å². The minimum Gasteiger partial charge on any atom is -0.453 e. The largest absolute Gasteiger partial charge is 0.453 e. The Morgan fingerprint density at radius 1 is 1.07 bits per heavy atom. The van der Waals surface area contributed by atoms with Gasteiger partial charge in [0.25, 0.3) is 5.69 Å². The molecule has 0 unspecified atom stereocenters. The summed E-state index contributed by atoms with van der Waals surface area (Å²) in [4.78, 5) is 15.4. The van der Waals surface area contributed by atoms with Gasteiger partial charge < -0.3 is 4.74 Å². The van der Waals surface area contributed by atoms with Gasteiger partial charge in [0.1, 0.15) is 5.75 Å². The smallest absolute Gasteiger partial charge is 0.272 e. The second-order valence-corrected chi connectivity index (χ2v) is 6.86. The van der Waals surface area contributed by atoms with E-state index < -0.39 is 10.7 Å². The van der Waals surface area contributed by atoms with Gasteiger partial charge in [-0.2, -0.15) is 0 Å². The minimum absolute atomic E-state index is 0.0792. The summed E-state index contributed by atoms with van der Waals surface area (Å²) in [6.07, 6.45) is 1.58. The van der Waals surface area contributed by atoms with Crippen LogP contribution in [0.2, 0.25) is 0 Å². The molecule has 0 aliphatic rings. The molecule has 0 saturated heterocycles. The Kier molecular flexibility index (Phi) is 4.29. The maximum Gasteiger partial charge on any atom is 0.272 e. The molecule has 0 saturated carbocycles. The fraction of sp³-hybridized carbons (Fsp3) is 0. The van der Waals surface area contributed by atoms with Crippen LogP contribution < -0.4 is 4.74 Å². The topological polar surface area (TPSA) is 65.3 Å². The van der Waals surface area contributed by atoms with Gasteiger partial charge >= 0.3 is 0 Å². The van der Waals surface area contributed by atoms with Crippen molar-refractivity contribution < 1.29 is 14.1 Å². The lowest BCUT2D eigenvalue weighted by atomic mass is 10.1. The van der Waals surface area contributed by atoms with Gasteiger partial charge in [-0.15, -0.1) is 11.3 Å². The number of hydrogen-bond donors (Lipinski definition) is 0. The molecule has 0 aliphatic carbocycles. The van der Waals surface area contributed by atoms with E-state index in [0.29, 0.717) is 5.75 Å². The molecule has 1 radical (unpaired) electrons. The highest BCUT2D eigenvalue weighted by atomic mass is 32.1. The molecule has 27 heavy (non-hydrogen) atoms. The molecule has 0 aliphatic heterocycles. The average Bonchev–Trinajstić information content (AvgIpc) is 3.09. The Balaban J connectivity index is 1.72. The highest BCUT2D eigenvalue weighted by Gasteiger charge is 2.15. The van der Waals surface area contributed by atoms with E-state index in [1.807, 2.05) is 30.3 Å². The van der Waals surface area contributed by atoms with Crippen molar-refractivity contribution in [2.45, 2.75) is 0 Å². The number of benzene rings is 2. The van der Waals surface area contributed by atoms with Crippen molar-refractivity contribution >= 4 is 27.2 Å². The monoisotopic (exact) mass is 379 g/mol. The number of nitrogens with zero attached hydrogens (tertiary/aromatic N) is 2. The third kappa shape index (κ3) is 3.37. The van der Waals surface area contributed by atoms with Crippen LogP contribution in [0.25, 0.3) is 20.7 Å². The molecule has 7 heteroatoms. The first-order valence-electron chi connectivity index (χ1n) is 7.94. The first-order chi connectivity index (χ1) is 13.0. The number of ether oxygens (including phenoxy) is 1. The number of hydrogen-bond acceptors (Lipinski definition) is 5. The van der Waals surface area contributed by atoms with Gasteiger partial charge in [0.2, 0.25) is 0 Å². The molecule has 0 bridgehead atoms. The summed E-state index contributed by atoms with van der Waals surface area (Å²) in [5.41, 5.74) is 2.36. The molecule has 0 spiro atoms. The number of thiophene rings is 1. The van der Waals surface area contributed by atoms with Gasteiger partial charge in [-0.05, 0) is 30.2 Å². The summed E-state index contributed by atoms with van der Waals surface area (Å²) in [6, 6.07) is 14.7. The van der Waals surface area contributed by atoms with Crippen molar-refractivity contribution in [3.8, 4) is 21.9 Å². The van der Waals surface area contributed by atoms with Crippen LogP contribution in [0.1, 0.15) is 5.56 Å². The number of nitro groups is 1. The maximum atomic E-state index is 14.2. The zero-order valence-electron chi connectivity index (χ0n) is 13.9. The Morgan fingerprint density at radius 2 is 1.85 bits per heavy atom. The Bertz CT molecular complexity index is 1160. The van der Waals surface area contributed by atoms with Crippen molar-refractivity contribution in [1.82, 2.24) is 4.98 Å². The second-order valence-electron chi connectivity index (χ2n) is 5.80. The molecule has 0 amide bonds. The van der Waals surface area contributed by atoms with E-state index in [-0.39, 0.29) is 11.4 Å². The van der Waals surface area contributed by atoms with Crippen molar-refractivity contribution in [3.63, 3.8) is 0 Å². The molecule has 2 aromatic carbocycles. The third-order valence-corrected chi connectivity index (χ3v) is 5.15. The lowest BCUT2D eigenvalue weighted by molar-refractivity contribution is -0.385. The maximum absolute atomic E-state index is 14.2. The molecular formula is C20H12FN2O3S. The summed E-state index contributed by atoms with van der Waals surface area (Å²) in [6.45, 7) is 3.88. The molecule has 5 nitrogen and oxygen atoms in total. The summed E-state index contributed by atoms with van der Waals surface area (Å²) in [5.74, 6) is -0.431. The zero-order valence-corrected chi connectivity index (χ0v) is 14.7. The number of non-ortho nitro benzene ring substituents is 1. The second kappa shape index (κ2) is 6.77. The summed E-state index contributed by atoms with van der Waals surface area (Å²) < 4.78 is 20.6. The third-order valence-electron chi connectivity index (χ3n) is 3.96. The van der Waals surface area contributed by atoms with E-state index in [4.69, 9.17) is 4.74 Å². The number of aromatic nitrogens is 1. The van der Waals surface area contributed by atoms with Crippen LogP contribution in [0.3, 0.4) is 0 Å². The van der Waals surface area contributed by atoms with Crippen molar-refractivity contribution in [2.75, 3.05) is 0 Å². The predicted octanol–water partition coefficient (Wildman–Crippen LogP) is 5.99. The predicted molar refractivity (Wildman–Crippen MR) is 103 cm³/mol. The van der Waals surface area contributed by atoms with Crippen LogP contribution in [0.5, 0.6) is 11.5 Å². The molecule has 4 rings (SSSR count). The molecule has 0 N–H and O–H groups in total. The van der Waals surface area contributed by atoms with Crippen molar-refractivity contribution in [3.05, 3.63) is 89.2 Å². The fourth-order valence-electron chi connectivity index (χ4n) is 2.61. The molecule has 0 atom stereocenters. The first kappa shape index (κ1) is 17.1. The number of nitro benzene ring substituents is 1. The number of rotatable bonds is 4. The fourth-order valence-corrected chi connectivity index (χ4v) is 3.68. The molecule has 133 valence electrons. The van der Waals surface area contributed by atoms with Gasteiger partial charge in [0, 0.05) is 23.2 Å². The van der Waals surface area contributed by atoms with Crippen LogP contribution in [0, 0.1) is 22.9 Å². The van der Waals surface area contributed by atoms with E-state index >= 15 is 0 Å². The molecule has 0 fully saturated rings. The van der Waals surface area contributed by atoms with E-state index in [1.165, 1.54) is 23.5 Å². The van der Waals surface area contributed by atoms with Crippen LogP contribution >= 0.6 is 11.3 Å². The lowest BCUT2D eigenvalue weighted by Crippen LogP contribution is -1.92. The van der Waals surface area contributed by atoms with E-state index in [0.717, 1.165) is 32.3 Å². The zero-order chi connectivity index (χ0) is 19.0. The van der Waals surface area contributed by atoms with E-state index in [1.54, 1.807) is 12.3 Å². The Labute approximate surface area is 157 Å². The normalized spacial score (nSPS) is 10.9. The minimum atomic E-state index is -0.794. The van der Waals surface area contributed by atoms with Gasteiger partial charge in [-0.25, -0.2) is 4.39 Å². The van der Waals surface area contributed by atoms with Gasteiger partial charge in [-0.3, -0.25) is 15.1 Å². The van der Waals surface area contributed by atoms with Gasteiger partial charge in [0.15, 0.2) is 11.6 Å². The average molecular weight is 379 g/mol. The summed E-state index contributed by atoms with van der Waals surface area (Å²) in [5, 5.41) is 10.7. The van der Waals surface area contributed by atoms with Gasteiger partial charge in [0.05, 0.1) is 21.2 Å². The Morgan fingerprint density at radius 3 is 2.56 bits per heavy atom. The van der Waals surface area contributed by atoms with E-state index in [9.17, 15) is 14.5 Å². The Hall–Kier alpha value is -3.32. The first-order valence-corrected chi connectivity index (χ1v) is 8.75. The highest BCUT2D eigenvalue weighted by molar-refractivity contribution is 7.22. The molecule has 4 aromatic rings. The lowest BCUT2D eigenvalue weighted by Gasteiger charge is -2.07. The standard InChI is InChI=1S/C20H12FN2O3S/c1-12-2-4-13(5-3-12)19-11-16-20(27-19)18(8-9-22-16)26-17-7-6-14(23(24)25)10-15(17)21/h2-11H,1H2.